The normalized spacial score (nSPS) is 18.6. The molecule has 0 radical (unpaired) electrons. The molecule has 6 rings (SSSR count). The first-order valence-electron chi connectivity index (χ1n) is 14.3. The first kappa shape index (κ1) is 27.5. The monoisotopic (exact) mass is 562 g/mol. The Morgan fingerprint density at radius 2 is 1.64 bits per heavy atom. The number of aliphatic imine (C=N–C) groups is 1. The number of hydrogen-bond donors (Lipinski definition) is 1. The van der Waals surface area contributed by atoms with E-state index in [-0.39, 0.29) is 11.6 Å². The Hall–Kier alpha value is -4.69. The van der Waals surface area contributed by atoms with Crippen LogP contribution in [-0.4, -0.2) is 57.6 Å². The summed E-state index contributed by atoms with van der Waals surface area (Å²) in [7, 11) is 0. The SMILES string of the molecule is Cc1nc(Oc2ccc(C(=O)O)cc2)ccc1CN1CCC(N2C(=Nc3ccccc3)OCC2c2ccccc2)CC1. The largest absolute Gasteiger partial charge is 0.478 e. The molecule has 0 spiro atoms. The summed E-state index contributed by atoms with van der Waals surface area (Å²) in [4.78, 5) is 25.5. The molecular formula is C34H34N4O4. The molecule has 0 aliphatic carbocycles. The maximum atomic E-state index is 11.1. The molecule has 1 N–H and O–H groups in total. The van der Waals surface area contributed by atoms with Gasteiger partial charge in [0.15, 0.2) is 0 Å². The topological polar surface area (TPSA) is 87.5 Å². The molecular weight excluding hydrogens is 528 g/mol. The summed E-state index contributed by atoms with van der Waals surface area (Å²) in [5, 5.41) is 9.09. The molecule has 8 heteroatoms. The zero-order valence-electron chi connectivity index (χ0n) is 23.6. The van der Waals surface area contributed by atoms with E-state index >= 15 is 0 Å². The zero-order chi connectivity index (χ0) is 28.9. The molecule has 2 fully saturated rings. The lowest BCUT2D eigenvalue weighted by Gasteiger charge is -2.39. The second-order valence-corrected chi connectivity index (χ2v) is 10.7. The fourth-order valence-corrected chi connectivity index (χ4v) is 5.66. The van der Waals surface area contributed by atoms with Crippen LogP contribution in [0.15, 0.2) is 102 Å². The number of ether oxygens (including phenoxy) is 2. The Kier molecular flexibility index (Phi) is 8.14. The van der Waals surface area contributed by atoms with Crippen molar-refractivity contribution in [2.75, 3.05) is 19.7 Å². The fraction of sp³-hybridized carbons (Fsp3) is 0.265. The van der Waals surface area contributed by atoms with E-state index in [1.807, 2.05) is 43.3 Å². The highest BCUT2D eigenvalue weighted by Crippen LogP contribution is 2.34. The molecule has 1 unspecified atom stereocenters. The van der Waals surface area contributed by atoms with Crippen molar-refractivity contribution in [1.29, 1.82) is 0 Å². The molecule has 3 aromatic carbocycles. The number of piperidine rings is 1. The van der Waals surface area contributed by atoms with Gasteiger partial charge in [-0.15, -0.1) is 0 Å². The standard InChI is InChI=1S/C34H34N4O4/c1-24-27(14-17-32(35-24)42-30-15-12-26(13-16-30)33(39)40)22-37-20-18-29(19-21-37)38-31(25-8-4-2-5-9-25)23-41-34(38)36-28-10-6-3-7-11-28/h2-17,29,31H,18-23H2,1H3,(H,39,40). The third kappa shape index (κ3) is 6.29. The van der Waals surface area contributed by atoms with E-state index in [0.29, 0.717) is 30.3 Å². The van der Waals surface area contributed by atoms with E-state index in [2.05, 4.69) is 51.2 Å². The van der Waals surface area contributed by atoms with Crippen molar-refractivity contribution in [3.8, 4) is 11.6 Å². The third-order valence-electron chi connectivity index (χ3n) is 7.93. The summed E-state index contributed by atoms with van der Waals surface area (Å²) in [6, 6.07) is 32.1. The van der Waals surface area contributed by atoms with Gasteiger partial charge in [0.25, 0.3) is 6.02 Å². The van der Waals surface area contributed by atoms with Crippen LogP contribution in [0.3, 0.4) is 0 Å². The number of hydrogen-bond acceptors (Lipinski definition) is 6. The van der Waals surface area contributed by atoms with Crippen molar-refractivity contribution < 1.29 is 19.4 Å². The van der Waals surface area contributed by atoms with Gasteiger partial charge in [-0.25, -0.2) is 9.78 Å². The van der Waals surface area contributed by atoms with Crippen LogP contribution in [0.2, 0.25) is 0 Å². The van der Waals surface area contributed by atoms with Crippen LogP contribution in [0.4, 0.5) is 5.69 Å². The molecule has 8 nitrogen and oxygen atoms in total. The number of nitrogens with zero attached hydrogens (tertiary/aromatic N) is 4. The number of rotatable bonds is 8. The van der Waals surface area contributed by atoms with E-state index in [9.17, 15) is 4.79 Å². The van der Waals surface area contributed by atoms with Gasteiger partial charge < -0.3 is 19.5 Å². The van der Waals surface area contributed by atoms with Crippen LogP contribution in [-0.2, 0) is 11.3 Å². The molecule has 0 amide bonds. The number of aromatic nitrogens is 1. The Balaban J connectivity index is 1.11. The molecule has 2 aliphatic rings. The van der Waals surface area contributed by atoms with Crippen LogP contribution >= 0.6 is 0 Å². The smallest absolute Gasteiger partial charge is 0.335 e. The number of carboxylic acid groups (broad SMARTS) is 1. The number of amidine groups is 1. The highest BCUT2D eigenvalue weighted by atomic mass is 16.5. The minimum atomic E-state index is -0.963. The van der Waals surface area contributed by atoms with Crippen molar-refractivity contribution in [2.45, 2.75) is 38.4 Å². The average Bonchev–Trinajstić information content (AvgIpc) is 3.43. The zero-order valence-corrected chi connectivity index (χ0v) is 23.6. The van der Waals surface area contributed by atoms with Gasteiger partial charge >= 0.3 is 5.97 Å². The maximum absolute atomic E-state index is 11.1. The van der Waals surface area contributed by atoms with Gasteiger partial charge in [0.05, 0.1) is 17.3 Å². The minimum absolute atomic E-state index is 0.143. The lowest BCUT2D eigenvalue weighted by molar-refractivity contribution is 0.0697. The van der Waals surface area contributed by atoms with Gasteiger partial charge in [-0.2, -0.15) is 4.99 Å². The van der Waals surface area contributed by atoms with Gasteiger partial charge in [0, 0.05) is 37.4 Å². The molecule has 1 aromatic heterocycles. The third-order valence-corrected chi connectivity index (χ3v) is 7.93. The lowest BCUT2D eigenvalue weighted by Crippen LogP contribution is -2.46. The average molecular weight is 563 g/mol. The first-order valence-corrected chi connectivity index (χ1v) is 14.3. The molecule has 2 saturated heterocycles. The summed E-state index contributed by atoms with van der Waals surface area (Å²) in [6.45, 7) is 5.35. The molecule has 0 bridgehead atoms. The van der Waals surface area contributed by atoms with E-state index < -0.39 is 5.97 Å². The van der Waals surface area contributed by atoms with E-state index in [4.69, 9.17) is 19.6 Å². The van der Waals surface area contributed by atoms with E-state index in [1.54, 1.807) is 12.1 Å². The van der Waals surface area contributed by atoms with Crippen molar-refractivity contribution >= 4 is 17.7 Å². The summed E-state index contributed by atoms with van der Waals surface area (Å²) >= 11 is 0. The highest BCUT2D eigenvalue weighted by Gasteiger charge is 2.39. The summed E-state index contributed by atoms with van der Waals surface area (Å²) < 4.78 is 12.1. The van der Waals surface area contributed by atoms with Crippen LogP contribution in [0.1, 0.15) is 46.1 Å². The van der Waals surface area contributed by atoms with Crippen molar-refractivity contribution in [3.05, 3.63) is 119 Å². The van der Waals surface area contributed by atoms with E-state index in [0.717, 1.165) is 43.9 Å². The van der Waals surface area contributed by atoms with E-state index in [1.165, 1.54) is 23.3 Å². The highest BCUT2D eigenvalue weighted by molar-refractivity contribution is 5.87. The Labute approximate surface area is 245 Å². The van der Waals surface area contributed by atoms with Gasteiger partial charge in [0.1, 0.15) is 12.4 Å². The molecule has 1 atom stereocenters. The fourth-order valence-electron chi connectivity index (χ4n) is 5.66. The predicted octanol–water partition coefficient (Wildman–Crippen LogP) is 6.61. The van der Waals surface area contributed by atoms with Crippen molar-refractivity contribution in [2.24, 2.45) is 4.99 Å². The molecule has 0 saturated carbocycles. The number of aromatic carboxylic acids is 1. The minimum Gasteiger partial charge on any atom is -0.478 e. The van der Waals surface area contributed by atoms with Crippen LogP contribution in [0.5, 0.6) is 11.6 Å². The van der Waals surface area contributed by atoms with Gasteiger partial charge in [-0.1, -0.05) is 54.6 Å². The van der Waals surface area contributed by atoms with Crippen LogP contribution < -0.4 is 4.74 Å². The predicted molar refractivity (Wildman–Crippen MR) is 161 cm³/mol. The second kappa shape index (κ2) is 12.4. The molecule has 214 valence electrons. The Morgan fingerprint density at radius 3 is 2.31 bits per heavy atom. The number of para-hydroxylation sites is 1. The first-order chi connectivity index (χ1) is 20.5. The molecule has 42 heavy (non-hydrogen) atoms. The number of carbonyl (C=O) groups is 1. The van der Waals surface area contributed by atoms with Crippen LogP contribution in [0, 0.1) is 6.92 Å². The second-order valence-electron chi connectivity index (χ2n) is 10.7. The quantitative estimate of drug-likeness (QED) is 0.259. The maximum Gasteiger partial charge on any atom is 0.335 e. The Morgan fingerprint density at radius 1 is 0.952 bits per heavy atom. The number of likely N-dealkylation sites (tertiary alicyclic amines) is 1. The summed E-state index contributed by atoms with van der Waals surface area (Å²) in [5.41, 5.74) is 4.46. The van der Waals surface area contributed by atoms with Gasteiger partial charge in [0.2, 0.25) is 5.88 Å². The number of pyridine rings is 1. The molecule has 2 aliphatic heterocycles. The number of benzene rings is 3. The Bertz CT molecular complexity index is 1540. The van der Waals surface area contributed by atoms with Gasteiger partial charge in [-0.3, -0.25) is 4.90 Å². The molecule has 3 heterocycles. The summed E-state index contributed by atoms with van der Waals surface area (Å²) in [6.07, 6.45) is 2.03. The van der Waals surface area contributed by atoms with Gasteiger partial charge in [-0.05, 0) is 67.3 Å². The van der Waals surface area contributed by atoms with Crippen LogP contribution in [0.25, 0.3) is 0 Å². The lowest BCUT2D eigenvalue weighted by atomic mass is 9.98. The number of carboxylic acids is 1. The van der Waals surface area contributed by atoms with Crippen molar-refractivity contribution in [1.82, 2.24) is 14.8 Å². The van der Waals surface area contributed by atoms with Crippen molar-refractivity contribution in [3.63, 3.8) is 0 Å². The summed E-state index contributed by atoms with van der Waals surface area (Å²) in [5.74, 6) is 0.0790. The molecule has 4 aromatic rings. The number of aryl methyl sites for hydroxylation is 1.